The molecule has 65 heavy (non-hydrogen) atoms. The molecule has 0 aromatic heterocycles. The van der Waals surface area contributed by atoms with Gasteiger partial charge in [0.25, 0.3) is 5.91 Å². The number of aliphatic carboxylic acids is 1. The van der Waals surface area contributed by atoms with Crippen LogP contribution in [-0.2, 0) is 36.0 Å². The second-order valence-corrected chi connectivity index (χ2v) is 15.5. The number of rotatable bonds is 27. The molecule has 0 fully saturated rings. The molecule has 11 nitrogen and oxygen atoms in total. The van der Waals surface area contributed by atoms with Crippen LogP contribution in [0.25, 0.3) is 0 Å². The fourth-order valence-electron chi connectivity index (χ4n) is 7.09. The van der Waals surface area contributed by atoms with Gasteiger partial charge in [0.1, 0.15) is 26.4 Å². The third-order valence-electron chi connectivity index (χ3n) is 10.6. The molecule has 0 radical (unpaired) electrons. The van der Waals surface area contributed by atoms with Crippen molar-refractivity contribution in [3.05, 3.63) is 191 Å². The summed E-state index contributed by atoms with van der Waals surface area (Å²) < 4.78 is 24.8. The van der Waals surface area contributed by atoms with Crippen LogP contribution in [0.3, 0.4) is 0 Å². The quantitative estimate of drug-likeness (QED) is 0.0382. The molecule has 0 aliphatic carbocycles. The maximum absolute atomic E-state index is 13.7. The monoisotopic (exact) mass is 876 g/mol. The first-order chi connectivity index (χ1) is 31.8. The van der Waals surface area contributed by atoms with E-state index in [1.807, 2.05) is 121 Å². The van der Waals surface area contributed by atoms with E-state index in [1.54, 1.807) is 41.3 Å². The van der Waals surface area contributed by atoms with Gasteiger partial charge < -0.3 is 34.3 Å². The minimum atomic E-state index is -1.05. The number of benzene rings is 6. The summed E-state index contributed by atoms with van der Waals surface area (Å²) in [6, 6.07) is 49.5. The number of ketones is 1. The third kappa shape index (κ3) is 15.4. The van der Waals surface area contributed by atoms with Crippen molar-refractivity contribution in [3.8, 4) is 23.0 Å². The maximum Gasteiger partial charge on any atom is 0.303 e. The number of carboxylic acid groups (broad SMARTS) is 1. The molecule has 0 aliphatic rings. The number of carbonyl (C=O) groups excluding carboxylic acids is 3. The predicted octanol–water partition coefficient (Wildman–Crippen LogP) is 10.3. The molecular formula is C54H56N2O9. The zero-order chi connectivity index (χ0) is 45.5. The molecule has 0 unspecified atom stereocenters. The van der Waals surface area contributed by atoms with E-state index in [4.69, 9.17) is 18.9 Å². The molecule has 0 heterocycles. The van der Waals surface area contributed by atoms with Crippen molar-refractivity contribution >= 4 is 23.6 Å². The molecule has 6 aromatic rings. The van der Waals surface area contributed by atoms with Crippen molar-refractivity contribution in [1.82, 2.24) is 10.2 Å². The third-order valence-corrected chi connectivity index (χ3v) is 10.6. The lowest BCUT2D eigenvalue weighted by Crippen LogP contribution is -2.35. The van der Waals surface area contributed by atoms with E-state index in [9.17, 15) is 24.3 Å². The Labute approximate surface area is 380 Å². The average Bonchev–Trinajstić information content (AvgIpc) is 3.34. The number of unbranched alkanes of at least 4 members (excludes halogenated alkanes) is 2. The molecule has 0 saturated heterocycles. The van der Waals surface area contributed by atoms with Crippen molar-refractivity contribution in [3.63, 3.8) is 0 Å². The zero-order valence-corrected chi connectivity index (χ0v) is 36.6. The summed E-state index contributed by atoms with van der Waals surface area (Å²) in [6.07, 6.45) is 2.12. The first-order valence-electron chi connectivity index (χ1n) is 22.1. The summed E-state index contributed by atoms with van der Waals surface area (Å²) in [5.41, 5.74) is 4.62. The number of hydrogen-bond acceptors (Lipinski definition) is 8. The highest BCUT2D eigenvalue weighted by molar-refractivity contribution is 5.99. The van der Waals surface area contributed by atoms with Crippen LogP contribution in [0, 0.1) is 0 Å². The number of nitrogens with zero attached hydrogens (tertiary/aromatic N) is 1. The first kappa shape index (κ1) is 47.1. The summed E-state index contributed by atoms with van der Waals surface area (Å²) in [7, 11) is 0. The molecule has 2 amide bonds. The van der Waals surface area contributed by atoms with Crippen LogP contribution < -0.4 is 24.3 Å². The number of hydrogen-bond donors (Lipinski definition) is 2. The van der Waals surface area contributed by atoms with Crippen molar-refractivity contribution in [2.75, 3.05) is 19.6 Å². The Morgan fingerprint density at radius 3 is 1.38 bits per heavy atom. The smallest absolute Gasteiger partial charge is 0.303 e. The number of amides is 2. The van der Waals surface area contributed by atoms with Crippen LogP contribution in [0.1, 0.15) is 87.9 Å². The standard InChI is InChI=1S/C54H56N2O9/c57-47(45-27-16-30-48(62-37-41-19-6-1-7-20-41)52(45)64-39-43-23-10-3-11-24-43)29-14-5-15-35-56(50(58)32-33-51(59)60)36-18-34-55-54(61)46-28-17-31-49(63-38-42-21-8-2-9-22-42)53(46)65-40-44-25-12-4-13-26-44/h1-4,6-13,16-17,19-28,30-31H,5,14-15,18,29,32-40H2,(H,55,61)(H,59,60). The zero-order valence-electron chi connectivity index (χ0n) is 36.6. The molecule has 336 valence electrons. The summed E-state index contributed by atoms with van der Waals surface area (Å²) in [5.74, 6) is -0.103. The number of ether oxygens (including phenoxy) is 4. The largest absolute Gasteiger partial charge is 0.485 e. The van der Waals surface area contributed by atoms with E-state index >= 15 is 0 Å². The van der Waals surface area contributed by atoms with Gasteiger partial charge in [-0.2, -0.15) is 0 Å². The van der Waals surface area contributed by atoms with Gasteiger partial charge in [0, 0.05) is 32.5 Å². The van der Waals surface area contributed by atoms with E-state index in [1.165, 1.54) is 0 Å². The highest BCUT2D eigenvalue weighted by Gasteiger charge is 2.21. The summed E-state index contributed by atoms with van der Waals surface area (Å²) >= 11 is 0. The van der Waals surface area contributed by atoms with E-state index in [0.717, 1.165) is 22.3 Å². The minimum absolute atomic E-state index is 0.0785. The molecular weight excluding hydrogens is 821 g/mol. The van der Waals surface area contributed by atoms with Crippen molar-refractivity contribution < 1.29 is 43.2 Å². The van der Waals surface area contributed by atoms with Crippen molar-refractivity contribution in [2.45, 2.75) is 71.4 Å². The topological polar surface area (TPSA) is 141 Å². The highest BCUT2D eigenvalue weighted by atomic mass is 16.5. The minimum Gasteiger partial charge on any atom is -0.485 e. The fourth-order valence-corrected chi connectivity index (χ4v) is 7.09. The molecule has 0 aliphatic heterocycles. The van der Waals surface area contributed by atoms with Gasteiger partial charge >= 0.3 is 5.97 Å². The summed E-state index contributed by atoms with van der Waals surface area (Å²) in [6.45, 7) is 2.06. The molecule has 6 aromatic carbocycles. The molecule has 0 saturated carbocycles. The predicted molar refractivity (Wildman–Crippen MR) is 249 cm³/mol. The van der Waals surface area contributed by atoms with Crippen molar-refractivity contribution in [2.24, 2.45) is 0 Å². The Balaban J connectivity index is 1.03. The average molecular weight is 877 g/mol. The Kier molecular flexibility index (Phi) is 18.6. The Bertz CT molecular complexity index is 2410. The van der Waals surface area contributed by atoms with Crippen LogP contribution in [0.2, 0.25) is 0 Å². The van der Waals surface area contributed by atoms with E-state index in [0.29, 0.717) is 86.1 Å². The van der Waals surface area contributed by atoms with Crippen molar-refractivity contribution in [1.29, 1.82) is 0 Å². The Morgan fingerprint density at radius 1 is 0.446 bits per heavy atom. The molecule has 2 N–H and O–H groups in total. The van der Waals surface area contributed by atoms with Gasteiger partial charge in [0.15, 0.2) is 28.8 Å². The van der Waals surface area contributed by atoms with Crippen LogP contribution >= 0.6 is 0 Å². The van der Waals surface area contributed by atoms with Crippen LogP contribution in [-0.4, -0.2) is 53.2 Å². The number of carboxylic acids is 1. The number of nitrogens with one attached hydrogen (secondary N) is 1. The second-order valence-electron chi connectivity index (χ2n) is 15.5. The summed E-state index contributed by atoms with van der Waals surface area (Å²) in [5, 5.41) is 12.2. The lowest BCUT2D eigenvalue weighted by Gasteiger charge is -2.23. The van der Waals surface area contributed by atoms with Crippen LogP contribution in [0.5, 0.6) is 23.0 Å². The lowest BCUT2D eigenvalue weighted by molar-refractivity contribution is -0.141. The fraction of sp³-hybridized carbons (Fsp3) is 0.259. The van der Waals surface area contributed by atoms with Crippen LogP contribution in [0.4, 0.5) is 0 Å². The summed E-state index contributed by atoms with van der Waals surface area (Å²) in [4.78, 5) is 53.6. The molecule has 0 spiro atoms. The van der Waals surface area contributed by atoms with Gasteiger partial charge in [-0.15, -0.1) is 0 Å². The van der Waals surface area contributed by atoms with Crippen LogP contribution in [0.15, 0.2) is 158 Å². The van der Waals surface area contributed by atoms with Gasteiger partial charge in [-0.1, -0.05) is 140 Å². The number of para-hydroxylation sites is 2. The molecule has 6 rings (SSSR count). The Morgan fingerprint density at radius 2 is 0.892 bits per heavy atom. The van der Waals surface area contributed by atoms with Gasteiger partial charge in [-0.3, -0.25) is 19.2 Å². The van der Waals surface area contributed by atoms with Gasteiger partial charge in [-0.05, 0) is 65.8 Å². The Hall–Kier alpha value is -7.40. The molecule has 11 heteroatoms. The first-order valence-corrected chi connectivity index (χ1v) is 22.1. The second kappa shape index (κ2) is 25.6. The SMILES string of the molecule is O=C(O)CCC(=O)N(CCCCCC(=O)c1cccc(OCc2ccccc2)c1OCc1ccccc1)CCCNC(=O)c1cccc(OCc2ccccc2)c1OCc1ccccc1. The molecule has 0 atom stereocenters. The lowest BCUT2D eigenvalue weighted by atomic mass is 10.0. The number of Topliss-reactive ketones (excluding diaryl/α,β-unsaturated/α-hetero) is 1. The normalized spacial score (nSPS) is 10.7. The van der Waals surface area contributed by atoms with Gasteiger partial charge in [-0.25, -0.2) is 0 Å². The van der Waals surface area contributed by atoms with E-state index < -0.39 is 5.97 Å². The maximum atomic E-state index is 13.7. The van der Waals surface area contributed by atoms with Gasteiger partial charge in [0.2, 0.25) is 5.91 Å². The molecule has 0 bridgehead atoms. The number of carbonyl (C=O) groups is 4. The van der Waals surface area contributed by atoms with Gasteiger partial charge in [0.05, 0.1) is 17.5 Å². The van der Waals surface area contributed by atoms with E-state index in [2.05, 4.69) is 5.32 Å². The van der Waals surface area contributed by atoms with E-state index in [-0.39, 0.29) is 56.6 Å². The highest BCUT2D eigenvalue weighted by Crippen LogP contribution is 2.35.